The van der Waals surface area contributed by atoms with Gasteiger partial charge in [-0.2, -0.15) is 0 Å². The molecule has 26 heavy (non-hydrogen) atoms. The summed E-state index contributed by atoms with van der Waals surface area (Å²) in [6, 6.07) is 11.6. The molecule has 6 heteroatoms. The number of ether oxygens (including phenoxy) is 1. The molecule has 3 rings (SSSR count). The first-order valence-electron chi connectivity index (χ1n) is 8.89. The van der Waals surface area contributed by atoms with Crippen LogP contribution in [0.4, 0.5) is 0 Å². The average Bonchev–Trinajstić information content (AvgIpc) is 2.64. The standard InChI is InChI=1S/C20H23BrCl2N2O/c21-16-4-5-20(26-13-17-18(22)2-1-3-19(17)23)15(10-16)12-25-11-14-6-8-24-9-7-14/h1-5,10,14,24-25H,6-9,11-13H2. The fraction of sp³-hybridized carbons (Fsp3) is 0.400. The minimum Gasteiger partial charge on any atom is -0.488 e. The predicted octanol–water partition coefficient (Wildman–Crippen LogP) is 5.42. The van der Waals surface area contributed by atoms with Crippen LogP contribution in [0.5, 0.6) is 5.75 Å². The molecule has 0 unspecified atom stereocenters. The Balaban J connectivity index is 1.62. The fourth-order valence-corrected chi connectivity index (χ4v) is 4.06. The molecule has 1 aliphatic rings. The van der Waals surface area contributed by atoms with Crippen molar-refractivity contribution >= 4 is 39.1 Å². The number of halogens is 3. The SMILES string of the molecule is Clc1cccc(Cl)c1COc1ccc(Br)cc1CNCC1CCNCC1. The molecule has 0 aliphatic carbocycles. The van der Waals surface area contributed by atoms with Gasteiger partial charge in [-0.15, -0.1) is 0 Å². The number of rotatable bonds is 7. The maximum Gasteiger partial charge on any atom is 0.124 e. The second kappa shape index (κ2) is 9.95. The highest BCUT2D eigenvalue weighted by molar-refractivity contribution is 9.10. The van der Waals surface area contributed by atoms with Crippen LogP contribution in [-0.4, -0.2) is 19.6 Å². The molecule has 1 saturated heterocycles. The summed E-state index contributed by atoms with van der Waals surface area (Å²) >= 11 is 16.0. The van der Waals surface area contributed by atoms with Gasteiger partial charge in [-0.25, -0.2) is 0 Å². The van der Waals surface area contributed by atoms with Crippen LogP contribution in [0.1, 0.15) is 24.0 Å². The number of hydrogen-bond donors (Lipinski definition) is 2. The summed E-state index contributed by atoms with van der Waals surface area (Å²) in [5.41, 5.74) is 1.93. The highest BCUT2D eigenvalue weighted by Gasteiger charge is 2.13. The first kappa shape index (κ1) is 20.0. The van der Waals surface area contributed by atoms with Crippen molar-refractivity contribution in [1.29, 1.82) is 0 Å². The van der Waals surface area contributed by atoms with Gasteiger partial charge in [-0.3, -0.25) is 0 Å². The molecule has 2 N–H and O–H groups in total. The van der Waals surface area contributed by atoms with Gasteiger partial charge < -0.3 is 15.4 Å². The monoisotopic (exact) mass is 456 g/mol. The first-order valence-corrected chi connectivity index (χ1v) is 10.4. The Kier molecular flexibility index (Phi) is 7.64. The molecule has 0 saturated carbocycles. The summed E-state index contributed by atoms with van der Waals surface area (Å²) in [6.45, 7) is 4.40. The topological polar surface area (TPSA) is 33.3 Å². The highest BCUT2D eigenvalue weighted by atomic mass is 79.9. The van der Waals surface area contributed by atoms with Crippen molar-refractivity contribution in [3.8, 4) is 5.75 Å². The van der Waals surface area contributed by atoms with Gasteiger partial charge >= 0.3 is 0 Å². The Morgan fingerprint density at radius 3 is 2.58 bits per heavy atom. The molecule has 3 nitrogen and oxygen atoms in total. The van der Waals surface area contributed by atoms with E-state index in [1.807, 2.05) is 30.3 Å². The normalized spacial score (nSPS) is 15.2. The van der Waals surface area contributed by atoms with E-state index in [0.29, 0.717) is 16.7 Å². The zero-order valence-corrected chi connectivity index (χ0v) is 17.6. The minimum atomic E-state index is 0.349. The smallest absolute Gasteiger partial charge is 0.124 e. The molecule has 0 spiro atoms. The summed E-state index contributed by atoms with van der Waals surface area (Å²) in [5.74, 6) is 1.59. The van der Waals surface area contributed by atoms with Gasteiger partial charge in [0.2, 0.25) is 0 Å². The third kappa shape index (κ3) is 5.61. The van der Waals surface area contributed by atoms with Crippen molar-refractivity contribution in [1.82, 2.24) is 10.6 Å². The quantitative estimate of drug-likeness (QED) is 0.581. The third-order valence-corrected chi connectivity index (χ3v) is 5.86. The van der Waals surface area contributed by atoms with Gasteiger partial charge in [-0.05, 0) is 68.7 Å². The van der Waals surface area contributed by atoms with Crippen LogP contribution in [0.15, 0.2) is 40.9 Å². The molecule has 1 heterocycles. The predicted molar refractivity (Wildman–Crippen MR) is 112 cm³/mol. The number of benzene rings is 2. The lowest BCUT2D eigenvalue weighted by Gasteiger charge is -2.23. The number of nitrogens with one attached hydrogen (secondary N) is 2. The van der Waals surface area contributed by atoms with Crippen molar-refractivity contribution < 1.29 is 4.74 Å². The van der Waals surface area contributed by atoms with Crippen LogP contribution in [-0.2, 0) is 13.2 Å². The average molecular weight is 458 g/mol. The van der Waals surface area contributed by atoms with Crippen molar-refractivity contribution in [2.24, 2.45) is 5.92 Å². The van der Waals surface area contributed by atoms with Crippen LogP contribution in [0, 0.1) is 5.92 Å². The summed E-state index contributed by atoms with van der Waals surface area (Å²) in [4.78, 5) is 0. The Labute approximate surface area is 173 Å². The fourth-order valence-electron chi connectivity index (χ4n) is 3.14. The van der Waals surface area contributed by atoms with E-state index in [9.17, 15) is 0 Å². The molecular weight excluding hydrogens is 435 g/mol. The Morgan fingerprint density at radius 1 is 1.12 bits per heavy atom. The van der Waals surface area contributed by atoms with Crippen LogP contribution in [0.2, 0.25) is 10.0 Å². The first-order chi connectivity index (χ1) is 12.6. The van der Waals surface area contributed by atoms with Crippen LogP contribution in [0.3, 0.4) is 0 Å². The Morgan fingerprint density at radius 2 is 1.85 bits per heavy atom. The molecule has 1 fully saturated rings. The lowest BCUT2D eigenvalue weighted by atomic mass is 9.98. The van der Waals surface area contributed by atoms with E-state index in [-0.39, 0.29) is 0 Å². The van der Waals surface area contributed by atoms with Crippen molar-refractivity contribution in [2.75, 3.05) is 19.6 Å². The van der Waals surface area contributed by atoms with Gasteiger partial charge in [0, 0.05) is 32.2 Å². The maximum absolute atomic E-state index is 6.24. The summed E-state index contributed by atoms with van der Waals surface area (Å²) in [7, 11) is 0. The van der Waals surface area contributed by atoms with Gasteiger partial charge in [0.25, 0.3) is 0 Å². The second-order valence-corrected chi connectivity index (χ2v) is 8.30. The van der Waals surface area contributed by atoms with Crippen molar-refractivity contribution in [2.45, 2.75) is 26.0 Å². The van der Waals surface area contributed by atoms with E-state index in [1.165, 1.54) is 12.8 Å². The maximum atomic E-state index is 6.24. The number of piperidine rings is 1. The summed E-state index contributed by atoms with van der Waals surface area (Å²) in [5, 5.41) is 8.23. The lowest BCUT2D eigenvalue weighted by Crippen LogP contribution is -2.33. The zero-order chi connectivity index (χ0) is 18.4. The van der Waals surface area contributed by atoms with Gasteiger partial charge in [0.1, 0.15) is 12.4 Å². The molecule has 0 bridgehead atoms. The highest BCUT2D eigenvalue weighted by Crippen LogP contribution is 2.28. The van der Waals surface area contributed by atoms with E-state index < -0.39 is 0 Å². The van der Waals surface area contributed by atoms with Crippen molar-refractivity contribution in [3.05, 3.63) is 62.0 Å². The van der Waals surface area contributed by atoms with Gasteiger partial charge in [0.05, 0.1) is 0 Å². The molecule has 2 aromatic rings. The molecule has 0 radical (unpaired) electrons. The van der Waals surface area contributed by atoms with Crippen LogP contribution < -0.4 is 15.4 Å². The minimum absolute atomic E-state index is 0.349. The Hall–Kier alpha value is -0.780. The van der Waals surface area contributed by atoms with E-state index in [2.05, 4.69) is 32.6 Å². The largest absolute Gasteiger partial charge is 0.488 e. The molecular formula is C20H23BrCl2N2O. The van der Waals surface area contributed by atoms with E-state index in [1.54, 1.807) is 0 Å². The molecule has 0 aromatic heterocycles. The molecule has 0 atom stereocenters. The van der Waals surface area contributed by atoms with Gasteiger partial charge in [0.15, 0.2) is 0 Å². The van der Waals surface area contributed by atoms with Gasteiger partial charge in [-0.1, -0.05) is 45.2 Å². The third-order valence-electron chi connectivity index (χ3n) is 4.66. The zero-order valence-electron chi connectivity index (χ0n) is 14.5. The number of hydrogen-bond acceptors (Lipinski definition) is 3. The molecule has 140 valence electrons. The Bertz CT molecular complexity index is 715. The summed E-state index contributed by atoms with van der Waals surface area (Å²) < 4.78 is 7.08. The second-order valence-electron chi connectivity index (χ2n) is 6.57. The van der Waals surface area contributed by atoms with Crippen LogP contribution in [0.25, 0.3) is 0 Å². The van der Waals surface area contributed by atoms with Crippen molar-refractivity contribution in [3.63, 3.8) is 0 Å². The van der Waals surface area contributed by atoms with Crippen LogP contribution >= 0.6 is 39.1 Å². The summed E-state index contributed by atoms with van der Waals surface area (Å²) in [6.07, 6.45) is 2.47. The molecule has 0 amide bonds. The lowest BCUT2D eigenvalue weighted by molar-refractivity contribution is 0.301. The van der Waals surface area contributed by atoms with E-state index in [0.717, 1.165) is 53.4 Å². The molecule has 1 aliphatic heterocycles. The van der Waals surface area contributed by atoms with E-state index >= 15 is 0 Å². The van der Waals surface area contributed by atoms with E-state index in [4.69, 9.17) is 27.9 Å². The molecule has 2 aromatic carbocycles.